The SMILES string of the molecule is CCOC1(O)NC(C#N)=C(C#N)N=C(C)C1=Cc1ccc(N(CC)CC)cc1. The summed E-state index contributed by atoms with van der Waals surface area (Å²) < 4.78 is 5.52. The molecule has 7 heteroatoms. The number of aliphatic hydroxyl groups is 1. The van der Waals surface area contributed by atoms with Crippen molar-refractivity contribution in [1.29, 1.82) is 10.5 Å². The Kier molecular flexibility index (Phi) is 6.94. The van der Waals surface area contributed by atoms with Crippen molar-refractivity contribution in [3.63, 3.8) is 0 Å². The average molecular weight is 379 g/mol. The zero-order valence-corrected chi connectivity index (χ0v) is 16.7. The fourth-order valence-electron chi connectivity index (χ4n) is 3.05. The normalized spacial score (nSPS) is 20.7. The van der Waals surface area contributed by atoms with Gasteiger partial charge in [-0.15, -0.1) is 0 Å². The Balaban J connectivity index is 2.52. The molecule has 146 valence electrons. The smallest absolute Gasteiger partial charge is 0.277 e. The van der Waals surface area contributed by atoms with Crippen LogP contribution in [0, 0.1) is 22.7 Å². The van der Waals surface area contributed by atoms with Crippen LogP contribution in [-0.2, 0) is 4.74 Å². The minimum absolute atomic E-state index is 0.0987. The molecular weight excluding hydrogens is 354 g/mol. The third kappa shape index (κ3) is 4.40. The van der Waals surface area contributed by atoms with E-state index >= 15 is 0 Å². The maximum atomic E-state index is 11.1. The second-order valence-electron chi connectivity index (χ2n) is 6.17. The number of hydrogen-bond acceptors (Lipinski definition) is 7. The molecule has 0 aliphatic carbocycles. The molecule has 1 aromatic rings. The van der Waals surface area contributed by atoms with Crippen LogP contribution < -0.4 is 10.2 Å². The molecule has 1 unspecified atom stereocenters. The first-order chi connectivity index (χ1) is 13.4. The van der Waals surface area contributed by atoms with Crippen molar-refractivity contribution in [1.82, 2.24) is 5.32 Å². The van der Waals surface area contributed by atoms with E-state index in [1.54, 1.807) is 19.9 Å². The highest BCUT2D eigenvalue weighted by molar-refractivity contribution is 6.04. The molecule has 0 fully saturated rings. The van der Waals surface area contributed by atoms with Crippen molar-refractivity contribution in [2.75, 3.05) is 24.6 Å². The molecule has 0 bridgehead atoms. The highest BCUT2D eigenvalue weighted by Gasteiger charge is 2.38. The molecule has 2 N–H and O–H groups in total. The first-order valence-electron chi connectivity index (χ1n) is 9.24. The van der Waals surface area contributed by atoms with E-state index in [2.05, 4.69) is 29.1 Å². The topological polar surface area (TPSA) is 105 Å². The number of nitrogens with one attached hydrogen (secondary N) is 1. The Morgan fingerprint density at radius 3 is 2.32 bits per heavy atom. The van der Waals surface area contributed by atoms with Gasteiger partial charge in [0.15, 0.2) is 11.4 Å². The van der Waals surface area contributed by atoms with Gasteiger partial charge in [-0.1, -0.05) is 12.1 Å². The highest BCUT2D eigenvalue weighted by atomic mass is 16.6. The standard InChI is InChI=1S/C21H25N5O2/c1-5-26(6-2)17-10-8-16(9-11-17)12-18-15(4)24-19(13-22)20(14-23)25-21(18,27)28-7-3/h8-12,25,27H,5-7H2,1-4H3. The molecule has 1 heterocycles. The Hall–Kier alpha value is -3.13. The van der Waals surface area contributed by atoms with Crippen LogP contribution >= 0.6 is 0 Å². The summed E-state index contributed by atoms with van der Waals surface area (Å²) in [5, 5.41) is 32.3. The van der Waals surface area contributed by atoms with Gasteiger partial charge in [0, 0.05) is 31.1 Å². The van der Waals surface area contributed by atoms with Gasteiger partial charge in [-0.05, 0) is 51.5 Å². The van der Waals surface area contributed by atoms with Crippen molar-refractivity contribution in [3.8, 4) is 12.1 Å². The van der Waals surface area contributed by atoms with E-state index in [4.69, 9.17) is 4.74 Å². The molecule has 0 saturated heterocycles. The molecule has 1 aromatic carbocycles. The van der Waals surface area contributed by atoms with Crippen molar-refractivity contribution >= 4 is 17.5 Å². The summed E-state index contributed by atoms with van der Waals surface area (Å²) in [6.45, 7) is 9.62. The monoisotopic (exact) mass is 379 g/mol. The van der Waals surface area contributed by atoms with E-state index in [0.717, 1.165) is 24.3 Å². The van der Waals surface area contributed by atoms with Gasteiger partial charge in [0.2, 0.25) is 0 Å². The summed E-state index contributed by atoms with van der Waals surface area (Å²) >= 11 is 0. The van der Waals surface area contributed by atoms with Gasteiger partial charge in [-0.2, -0.15) is 10.5 Å². The summed E-state index contributed by atoms with van der Waals surface area (Å²) in [5.74, 6) is -1.97. The number of ether oxygens (including phenoxy) is 1. The first kappa shape index (κ1) is 21.2. The molecule has 2 rings (SSSR count). The second kappa shape index (κ2) is 9.18. The predicted molar refractivity (Wildman–Crippen MR) is 109 cm³/mol. The van der Waals surface area contributed by atoms with Gasteiger partial charge < -0.3 is 20.1 Å². The third-order valence-electron chi connectivity index (χ3n) is 4.47. The van der Waals surface area contributed by atoms with Gasteiger partial charge >= 0.3 is 0 Å². The first-order valence-corrected chi connectivity index (χ1v) is 9.24. The molecule has 0 spiro atoms. The van der Waals surface area contributed by atoms with Gasteiger partial charge in [0.25, 0.3) is 5.91 Å². The van der Waals surface area contributed by atoms with Crippen molar-refractivity contribution < 1.29 is 9.84 Å². The Labute approximate surface area is 165 Å². The maximum absolute atomic E-state index is 11.1. The lowest BCUT2D eigenvalue weighted by atomic mass is 10.0. The van der Waals surface area contributed by atoms with Gasteiger partial charge in [-0.25, -0.2) is 4.99 Å². The van der Waals surface area contributed by atoms with Gasteiger partial charge in [0.05, 0.1) is 5.57 Å². The average Bonchev–Trinajstić information content (AvgIpc) is 2.79. The lowest BCUT2D eigenvalue weighted by Crippen LogP contribution is -2.49. The van der Waals surface area contributed by atoms with Gasteiger partial charge in [-0.3, -0.25) is 0 Å². The van der Waals surface area contributed by atoms with Crippen LogP contribution in [0.5, 0.6) is 0 Å². The quantitative estimate of drug-likeness (QED) is 0.737. The number of allylic oxidation sites excluding steroid dienone is 2. The Morgan fingerprint density at radius 2 is 1.82 bits per heavy atom. The van der Waals surface area contributed by atoms with Crippen LogP contribution in [0.3, 0.4) is 0 Å². The maximum Gasteiger partial charge on any atom is 0.277 e. The highest BCUT2D eigenvalue weighted by Crippen LogP contribution is 2.27. The zero-order chi connectivity index (χ0) is 20.7. The summed E-state index contributed by atoms with van der Waals surface area (Å²) in [4.78, 5) is 6.44. The van der Waals surface area contributed by atoms with E-state index in [1.807, 2.05) is 36.4 Å². The largest absolute Gasteiger partial charge is 0.372 e. The fraction of sp³-hybridized carbons (Fsp3) is 0.381. The van der Waals surface area contributed by atoms with Crippen LogP contribution in [0.1, 0.15) is 33.3 Å². The van der Waals surface area contributed by atoms with Crippen molar-refractivity contribution in [2.24, 2.45) is 4.99 Å². The fourth-order valence-corrected chi connectivity index (χ4v) is 3.05. The molecule has 7 nitrogen and oxygen atoms in total. The molecule has 0 radical (unpaired) electrons. The second-order valence-corrected chi connectivity index (χ2v) is 6.17. The number of rotatable bonds is 6. The number of aliphatic imine (C=N–C) groups is 1. The van der Waals surface area contributed by atoms with Crippen LogP contribution in [0.25, 0.3) is 6.08 Å². The summed E-state index contributed by atoms with van der Waals surface area (Å²) in [6, 6.07) is 11.6. The van der Waals surface area contributed by atoms with Crippen molar-refractivity contribution in [3.05, 3.63) is 46.8 Å². The molecule has 1 aliphatic heterocycles. The molecule has 1 atom stereocenters. The lowest BCUT2D eigenvalue weighted by molar-refractivity contribution is -0.182. The predicted octanol–water partition coefficient (Wildman–Crippen LogP) is 2.92. The lowest BCUT2D eigenvalue weighted by Gasteiger charge is -2.30. The minimum atomic E-state index is -1.97. The van der Waals surface area contributed by atoms with Gasteiger partial charge in [0.1, 0.15) is 12.1 Å². The zero-order valence-electron chi connectivity index (χ0n) is 16.7. The van der Waals surface area contributed by atoms with E-state index in [0.29, 0.717) is 11.3 Å². The number of nitrogens with zero attached hydrogens (tertiary/aromatic N) is 4. The molecule has 1 aliphatic rings. The van der Waals surface area contributed by atoms with E-state index in [1.165, 1.54) is 0 Å². The van der Waals surface area contributed by atoms with E-state index in [9.17, 15) is 15.6 Å². The Bertz CT molecular complexity index is 883. The molecular formula is C21H25N5O2. The third-order valence-corrected chi connectivity index (χ3v) is 4.47. The summed E-state index contributed by atoms with van der Waals surface area (Å²) in [6.07, 6.45) is 1.74. The number of hydrogen-bond donors (Lipinski definition) is 2. The molecule has 0 aromatic heterocycles. The van der Waals surface area contributed by atoms with E-state index in [-0.39, 0.29) is 18.0 Å². The number of anilines is 1. The minimum Gasteiger partial charge on any atom is -0.372 e. The van der Waals surface area contributed by atoms with Crippen LogP contribution in [0.2, 0.25) is 0 Å². The van der Waals surface area contributed by atoms with E-state index < -0.39 is 5.91 Å². The number of benzene rings is 1. The van der Waals surface area contributed by atoms with Crippen LogP contribution in [0.15, 0.2) is 46.2 Å². The summed E-state index contributed by atoms with van der Waals surface area (Å²) in [7, 11) is 0. The van der Waals surface area contributed by atoms with Crippen LogP contribution in [-0.4, -0.2) is 36.4 Å². The van der Waals surface area contributed by atoms with Crippen LogP contribution in [0.4, 0.5) is 5.69 Å². The molecule has 0 amide bonds. The number of nitriles is 2. The molecule has 0 saturated carbocycles. The molecule has 28 heavy (non-hydrogen) atoms. The van der Waals surface area contributed by atoms with Crippen molar-refractivity contribution in [2.45, 2.75) is 33.6 Å². The Morgan fingerprint density at radius 1 is 1.18 bits per heavy atom. The summed E-state index contributed by atoms with van der Waals surface area (Å²) in [5.41, 5.74) is 2.42.